The molecule has 0 aliphatic heterocycles. The molecule has 0 spiro atoms. The van der Waals surface area contributed by atoms with Crippen LogP contribution in [0.2, 0.25) is 0 Å². The number of amides is 2. The first-order valence-corrected chi connectivity index (χ1v) is 11.0. The molecule has 0 aromatic heterocycles. The Morgan fingerprint density at radius 3 is 1.81 bits per heavy atom. The lowest BCUT2D eigenvalue weighted by Crippen LogP contribution is -2.32. The van der Waals surface area contributed by atoms with Crippen LogP contribution in [0, 0.1) is 0 Å². The molecule has 0 radical (unpaired) electrons. The lowest BCUT2D eigenvalue weighted by Gasteiger charge is -2.17. The molecule has 31 heavy (non-hydrogen) atoms. The van der Waals surface area contributed by atoms with Crippen molar-refractivity contribution < 1.29 is 14.4 Å². The first-order valence-electron chi connectivity index (χ1n) is 11.0. The summed E-state index contributed by atoms with van der Waals surface area (Å²) in [6.45, 7) is 14.4. The number of rotatable bonds is 8. The number of aryl methyl sites for hydroxylation is 3. The van der Waals surface area contributed by atoms with Gasteiger partial charge in [-0.2, -0.15) is 0 Å². The smallest absolute Gasteiger partial charge is 0.230 e. The van der Waals surface area contributed by atoms with E-state index in [9.17, 15) is 14.4 Å². The lowest BCUT2D eigenvalue weighted by atomic mass is 9.93. The largest absolute Gasteiger partial charge is 0.289 e. The Hall–Kier alpha value is -3.01. The monoisotopic (exact) mass is 421 g/mol. The Labute approximate surface area is 187 Å². The van der Waals surface area contributed by atoms with Crippen LogP contribution in [0.15, 0.2) is 54.6 Å². The van der Waals surface area contributed by atoms with Crippen LogP contribution >= 0.6 is 0 Å². The molecule has 4 nitrogen and oxygen atoms in total. The van der Waals surface area contributed by atoms with E-state index in [1.807, 2.05) is 32.0 Å². The third kappa shape index (κ3) is 7.32. The van der Waals surface area contributed by atoms with E-state index in [0.717, 1.165) is 52.8 Å². The molecule has 0 N–H and O–H groups in total. The van der Waals surface area contributed by atoms with Gasteiger partial charge < -0.3 is 0 Å². The van der Waals surface area contributed by atoms with Gasteiger partial charge in [-0.15, -0.1) is 0 Å². The molecule has 0 heterocycles. The van der Waals surface area contributed by atoms with E-state index in [-0.39, 0.29) is 17.6 Å². The van der Waals surface area contributed by atoms with Crippen LogP contribution in [-0.4, -0.2) is 17.6 Å². The van der Waals surface area contributed by atoms with Gasteiger partial charge in [-0.25, -0.2) is 0 Å². The van der Waals surface area contributed by atoms with E-state index >= 15 is 0 Å². The topological polar surface area (TPSA) is 54.5 Å². The second kappa shape index (κ2) is 12.6. The maximum atomic E-state index is 12.5. The molecule has 2 aromatic carbocycles. The quantitative estimate of drug-likeness (QED) is 0.382. The number of ketones is 1. The van der Waals surface area contributed by atoms with Crippen molar-refractivity contribution in [2.24, 2.45) is 0 Å². The van der Waals surface area contributed by atoms with Gasteiger partial charge in [0.15, 0.2) is 5.78 Å². The van der Waals surface area contributed by atoms with Crippen molar-refractivity contribution in [1.29, 1.82) is 0 Å². The molecule has 166 valence electrons. The van der Waals surface area contributed by atoms with Crippen LogP contribution in [0.4, 0.5) is 5.69 Å². The molecule has 0 bridgehead atoms. The van der Waals surface area contributed by atoms with E-state index in [1.54, 1.807) is 19.1 Å². The molecular weight excluding hydrogens is 386 g/mol. The Morgan fingerprint density at radius 2 is 1.32 bits per heavy atom. The highest BCUT2D eigenvalue weighted by Gasteiger charge is 2.16. The molecule has 0 fully saturated rings. The Morgan fingerprint density at radius 1 is 0.806 bits per heavy atom. The summed E-state index contributed by atoms with van der Waals surface area (Å²) >= 11 is 0. The molecule has 0 aliphatic carbocycles. The fourth-order valence-electron chi connectivity index (χ4n) is 3.39. The van der Waals surface area contributed by atoms with E-state index < -0.39 is 0 Å². The summed E-state index contributed by atoms with van der Waals surface area (Å²) < 4.78 is 0. The van der Waals surface area contributed by atoms with Crippen molar-refractivity contribution in [2.45, 2.75) is 67.2 Å². The number of nitrogens with zero attached hydrogens (tertiary/aromatic N) is 1. The fourth-order valence-corrected chi connectivity index (χ4v) is 3.39. The first kappa shape index (κ1) is 26.0. The average molecular weight is 422 g/mol. The molecule has 0 unspecified atom stereocenters. The normalized spacial score (nSPS) is 10.0. The summed E-state index contributed by atoms with van der Waals surface area (Å²) in [4.78, 5) is 37.0. The van der Waals surface area contributed by atoms with Crippen LogP contribution in [0.1, 0.15) is 75.0 Å². The van der Waals surface area contributed by atoms with Crippen LogP contribution < -0.4 is 4.90 Å². The molecule has 0 saturated heterocycles. The third-order valence-corrected chi connectivity index (χ3v) is 4.85. The maximum absolute atomic E-state index is 12.5. The van der Waals surface area contributed by atoms with Gasteiger partial charge in [0, 0.05) is 19.4 Å². The molecule has 0 aliphatic rings. The van der Waals surface area contributed by atoms with E-state index in [4.69, 9.17) is 0 Å². The number of benzene rings is 2. The Kier molecular flexibility index (Phi) is 10.6. The van der Waals surface area contributed by atoms with Gasteiger partial charge in [0.25, 0.3) is 0 Å². The van der Waals surface area contributed by atoms with Crippen molar-refractivity contribution in [3.8, 4) is 0 Å². The van der Waals surface area contributed by atoms with Gasteiger partial charge in [-0.3, -0.25) is 19.3 Å². The van der Waals surface area contributed by atoms with Gasteiger partial charge in [-0.05, 0) is 66.6 Å². The number of allylic oxidation sites excluding steroid dienone is 1. The number of anilines is 1. The summed E-state index contributed by atoms with van der Waals surface area (Å²) in [5.41, 5.74) is 5.16. The predicted molar refractivity (Wildman–Crippen MR) is 129 cm³/mol. The Balaban J connectivity index is 0.00000233. The maximum Gasteiger partial charge on any atom is 0.230 e. The van der Waals surface area contributed by atoms with Gasteiger partial charge in [0.2, 0.25) is 11.8 Å². The zero-order valence-corrected chi connectivity index (χ0v) is 19.7. The van der Waals surface area contributed by atoms with Gasteiger partial charge in [-0.1, -0.05) is 58.0 Å². The first-order chi connectivity index (χ1) is 14.7. The van der Waals surface area contributed by atoms with Crippen molar-refractivity contribution in [3.63, 3.8) is 0 Å². The summed E-state index contributed by atoms with van der Waals surface area (Å²) in [7, 11) is 0. The zero-order valence-electron chi connectivity index (χ0n) is 19.7. The van der Waals surface area contributed by atoms with Crippen LogP contribution in [0.25, 0.3) is 0 Å². The highest BCUT2D eigenvalue weighted by atomic mass is 16.2. The minimum absolute atomic E-state index is 0.00760. The number of imide groups is 1. The number of carbonyl (C=O) groups is 3. The highest BCUT2D eigenvalue weighted by molar-refractivity contribution is 6.13. The van der Waals surface area contributed by atoms with Crippen LogP contribution in [0.3, 0.4) is 0 Å². The van der Waals surface area contributed by atoms with E-state index in [0.29, 0.717) is 11.3 Å². The van der Waals surface area contributed by atoms with Gasteiger partial charge >= 0.3 is 0 Å². The van der Waals surface area contributed by atoms with E-state index in [2.05, 4.69) is 25.6 Å². The second-order valence-electron chi connectivity index (χ2n) is 7.39. The molecule has 4 heteroatoms. The van der Waals surface area contributed by atoms with Gasteiger partial charge in [0.05, 0.1) is 5.69 Å². The SMILES string of the molecule is C=C(C)C(=O)c1cc(CCc2ccc(N(C(C)=O)C(C)=O)cc2)ccc1CCC.CC. The number of carbonyl (C=O) groups excluding carboxylic acids is 3. The zero-order chi connectivity index (χ0) is 23.6. The molecule has 2 aromatic rings. The number of hydrogen-bond acceptors (Lipinski definition) is 3. The molecular formula is C27H35NO3. The third-order valence-electron chi connectivity index (χ3n) is 4.85. The number of Topliss-reactive ketones (excluding diaryl/α,β-unsaturated/α-hetero) is 1. The van der Waals surface area contributed by atoms with Crippen molar-refractivity contribution in [1.82, 2.24) is 0 Å². The van der Waals surface area contributed by atoms with Crippen LogP contribution in [0.5, 0.6) is 0 Å². The Bertz CT molecular complexity index is 912. The summed E-state index contributed by atoms with van der Waals surface area (Å²) in [5, 5.41) is 0. The van der Waals surface area contributed by atoms with Gasteiger partial charge in [0.1, 0.15) is 0 Å². The summed E-state index contributed by atoms with van der Waals surface area (Å²) in [6, 6.07) is 13.6. The van der Waals surface area contributed by atoms with Crippen molar-refractivity contribution in [3.05, 3.63) is 76.9 Å². The summed E-state index contributed by atoms with van der Waals surface area (Å²) in [6.07, 6.45) is 3.46. The van der Waals surface area contributed by atoms with Crippen molar-refractivity contribution in [2.75, 3.05) is 4.90 Å². The van der Waals surface area contributed by atoms with E-state index in [1.165, 1.54) is 13.8 Å². The number of hydrogen-bond donors (Lipinski definition) is 0. The standard InChI is InChI=1S/C25H29NO3.C2H6/c1-6-7-22-13-10-21(16-24(22)25(29)17(2)3)9-8-20-11-14-23(15-12-20)26(18(4)27)19(5)28;1-2/h10-16H,2,6-9H2,1,3-5H3;1-2H3. The predicted octanol–water partition coefficient (Wildman–Crippen LogP) is 6.11. The molecule has 0 saturated carbocycles. The minimum atomic E-state index is -0.299. The highest BCUT2D eigenvalue weighted by Crippen LogP contribution is 2.20. The van der Waals surface area contributed by atoms with Crippen molar-refractivity contribution >= 4 is 23.3 Å². The van der Waals surface area contributed by atoms with Crippen LogP contribution in [-0.2, 0) is 28.9 Å². The second-order valence-corrected chi connectivity index (χ2v) is 7.39. The molecule has 2 amide bonds. The fraction of sp³-hybridized carbons (Fsp3) is 0.370. The summed E-state index contributed by atoms with van der Waals surface area (Å²) in [5.74, 6) is -0.590. The average Bonchev–Trinajstić information content (AvgIpc) is 2.74. The molecule has 2 rings (SSSR count). The molecule has 0 atom stereocenters. The minimum Gasteiger partial charge on any atom is -0.289 e. The lowest BCUT2D eigenvalue weighted by molar-refractivity contribution is -0.124.